The summed E-state index contributed by atoms with van der Waals surface area (Å²) in [6.07, 6.45) is 5.39. The number of methoxy groups -OCH3 is 1. The Labute approximate surface area is 116 Å². The largest absolute Gasteiger partial charge is 0.383 e. The Kier molecular flexibility index (Phi) is 4.77. The molecule has 0 aromatic carbocycles. The summed E-state index contributed by atoms with van der Waals surface area (Å²) in [7, 11) is 1.75. The number of hydrogen-bond acceptors (Lipinski definition) is 4. The molecule has 1 unspecified atom stereocenters. The first kappa shape index (κ1) is 14.3. The first-order chi connectivity index (χ1) is 9.11. The molecule has 4 heteroatoms. The Balaban J connectivity index is 2.13. The highest BCUT2D eigenvalue weighted by molar-refractivity contribution is 5.49. The van der Waals surface area contributed by atoms with E-state index in [4.69, 9.17) is 10.5 Å². The predicted molar refractivity (Wildman–Crippen MR) is 78.6 cm³/mol. The van der Waals surface area contributed by atoms with Crippen LogP contribution in [-0.2, 0) is 11.2 Å². The molecule has 1 saturated carbocycles. The molecule has 0 spiro atoms. The summed E-state index contributed by atoms with van der Waals surface area (Å²) in [6, 6.07) is 3.05. The number of rotatable bonds is 7. The van der Waals surface area contributed by atoms with Gasteiger partial charge in [-0.15, -0.1) is 0 Å². The van der Waals surface area contributed by atoms with Crippen LogP contribution in [-0.4, -0.2) is 37.3 Å². The standard InChI is InChI=1S/C15H25N3O/c1-11-8-13(9-12(2)16)10-17-15(11)18(6-7-19-3)14-4-5-14/h8,10,12,14H,4-7,9,16H2,1-3H3. The number of nitrogens with two attached hydrogens (primary N) is 1. The lowest BCUT2D eigenvalue weighted by Crippen LogP contribution is -2.31. The summed E-state index contributed by atoms with van der Waals surface area (Å²) in [5.41, 5.74) is 8.30. The molecule has 1 aliphatic carbocycles. The van der Waals surface area contributed by atoms with Crippen molar-refractivity contribution in [2.75, 3.05) is 25.2 Å². The fourth-order valence-corrected chi connectivity index (χ4v) is 2.45. The Hall–Kier alpha value is -1.13. The van der Waals surface area contributed by atoms with E-state index in [9.17, 15) is 0 Å². The summed E-state index contributed by atoms with van der Waals surface area (Å²) < 4.78 is 5.20. The summed E-state index contributed by atoms with van der Waals surface area (Å²) in [5, 5.41) is 0. The van der Waals surface area contributed by atoms with E-state index in [-0.39, 0.29) is 6.04 Å². The van der Waals surface area contributed by atoms with Gasteiger partial charge in [0.1, 0.15) is 5.82 Å². The van der Waals surface area contributed by atoms with Crippen molar-refractivity contribution >= 4 is 5.82 Å². The molecule has 0 saturated heterocycles. The molecule has 1 aliphatic rings. The Bertz CT molecular complexity index is 416. The van der Waals surface area contributed by atoms with Crippen LogP contribution >= 0.6 is 0 Å². The molecule has 1 fully saturated rings. The number of anilines is 1. The molecule has 0 bridgehead atoms. The number of hydrogen-bond donors (Lipinski definition) is 1. The zero-order valence-electron chi connectivity index (χ0n) is 12.2. The Morgan fingerprint density at radius 2 is 2.26 bits per heavy atom. The third-order valence-corrected chi connectivity index (χ3v) is 3.46. The molecule has 0 aliphatic heterocycles. The van der Waals surface area contributed by atoms with Crippen LogP contribution in [0.5, 0.6) is 0 Å². The number of ether oxygens (including phenoxy) is 1. The van der Waals surface area contributed by atoms with Crippen LogP contribution in [0.25, 0.3) is 0 Å². The molecule has 0 radical (unpaired) electrons. The highest BCUT2D eigenvalue weighted by Crippen LogP contribution is 2.32. The maximum Gasteiger partial charge on any atom is 0.131 e. The highest BCUT2D eigenvalue weighted by Gasteiger charge is 2.30. The average molecular weight is 263 g/mol. The van der Waals surface area contributed by atoms with Gasteiger partial charge in [0, 0.05) is 31.9 Å². The zero-order valence-corrected chi connectivity index (χ0v) is 12.2. The smallest absolute Gasteiger partial charge is 0.131 e. The third kappa shape index (κ3) is 3.91. The van der Waals surface area contributed by atoms with E-state index in [1.54, 1.807) is 7.11 Å². The van der Waals surface area contributed by atoms with Crippen LogP contribution in [0, 0.1) is 6.92 Å². The molecular formula is C15H25N3O. The lowest BCUT2D eigenvalue weighted by Gasteiger charge is -2.25. The van der Waals surface area contributed by atoms with Gasteiger partial charge < -0.3 is 15.4 Å². The molecule has 106 valence electrons. The first-order valence-corrected chi connectivity index (χ1v) is 7.08. The minimum absolute atomic E-state index is 0.181. The molecule has 0 amide bonds. The number of aromatic nitrogens is 1. The zero-order chi connectivity index (χ0) is 13.8. The van der Waals surface area contributed by atoms with Gasteiger partial charge in [0.15, 0.2) is 0 Å². The van der Waals surface area contributed by atoms with E-state index in [1.165, 1.54) is 24.0 Å². The summed E-state index contributed by atoms with van der Waals surface area (Å²) in [6.45, 7) is 5.83. The van der Waals surface area contributed by atoms with E-state index in [1.807, 2.05) is 13.1 Å². The number of aryl methyl sites for hydroxylation is 1. The van der Waals surface area contributed by atoms with E-state index < -0.39 is 0 Å². The minimum atomic E-state index is 0.181. The molecule has 1 atom stereocenters. The second-order valence-electron chi connectivity index (χ2n) is 5.58. The van der Waals surface area contributed by atoms with Crippen molar-refractivity contribution in [3.8, 4) is 0 Å². The molecule has 2 N–H and O–H groups in total. The summed E-state index contributed by atoms with van der Waals surface area (Å²) in [4.78, 5) is 7.04. The van der Waals surface area contributed by atoms with Crippen molar-refractivity contribution in [2.45, 2.75) is 45.2 Å². The normalized spacial score (nSPS) is 16.4. The lowest BCUT2D eigenvalue weighted by atomic mass is 10.1. The molecule has 2 rings (SSSR count). The molecular weight excluding hydrogens is 238 g/mol. The van der Waals surface area contributed by atoms with Gasteiger partial charge in [0.25, 0.3) is 0 Å². The maximum atomic E-state index is 5.84. The van der Waals surface area contributed by atoms with Crippen molar-refractivity contribution in [3.05, 3.63) is 23.4 Å². The molecule has 1 heterocycles. The van der Waals surface area contributed by atoms with Gasteiger partial charge in [-0.1, -0.05) is 6.07 Å². The van der Waals surface area contributed by atoms with Crippen molar-refractivity contribution in [1.29, 1.82) is 0 Å². The van der Waals surface area contributed by atoms with Crippen LogP contribution in [0.1, 0.15) is 30.9 Å². The summed E-state index contributed by atoms with van der Waals surface area (Å²) >= 11 is 0. The highest BCUT2D eigenvalue weighted by atomic mass is 16.5. The second-order valence-corrected chi connectivity index (χ2v) is 5.58. The lowest BCUT2D eigenvalue weighted by molar-refractivity contribution is 0.204. The van der Waals surface area contributed by atoms with Crippen LogP contribution in [0.2, 0.25) is 0 Å². The van der Waals surface area contributed by atoms with Crippen molar-refractivity contribution in [2.24, 2.45) is 5.73 Å². The van der Waals surface area contributed by atoms with Gasteiger partial charge >= 0.3 is 0 Å². The van der Waals surface area contributed by atoms with Crippen LogP contribution < -0.4 is 10.6 Å². The molecule has 1 aromatic rings. The van der Waals surface area contributed by atoms with Gasteiger partial charge in [-0.2, -0.15) is 0 Å². The monoisotopic (exact) mass is 263 g/mol. The topological polar surface area (TPSA) is 51.4 Å². The van der Waals surface area contributed by atoms with Gasteiger partial charge in [-0.25, -0.2) is 4.98 Å². The molecule has 19 heavy (non-hydrogen) atoms. The fraction of sp³-hybridized carbons (Fsp3) is 0.667. The van der Waals surface area contributed by atoms with E-state index >= 15 is 0 Å². The van der Waals surface area contributed by atoms with Crippen molar-refractivity contribution in [1.82, 2.24) is 4.98 Å². The predicted octanol–water partition coefficient (Wildman–Crippen LogP) is 1.89. The Morgan fingerprint density at radius 1 is 1.53 bits per heavy atom. The minimum Gasteiger partial charge on any atom is -0.383 e. The third-order valence-electron chi connectivity index (χ3n) is 3.46. The van der Waals surface area contributed by atoms with Crippen LogP contribution in [0.15, 0.2) is 12.3 Å². The number of nitrogens with zero attached hydrogens (tertiary/aromatic N) is 2. The van der Waals surface area contributed by atoms with Crippen LogP contribution in [0.4, 0.5) is 5.82 Å². The quantitative estimate of drug-likeness (QED) is 0.816. The van der Waals surface area contributed by atoms with Gasteiger partial charge in [0.2, 0.25) is 0 Å². The summed E-state index contributed by atoms with van der Waals surface area (Å²) in [5.74, 6) is 1.10. The first-order valence-electron chi connectivity index (χ1n) is 7.08. The van der Waals surface area contributed by atoms with E-state index in [2.05, 4.69) is 22.9 Å². The average Bonchev–Trinajstić information content (AvgIpc) is 3.15. The fourth-order valence-electron chi connectivity index (χ4n) is 2.45. The van der Waals surface area contributed by atoms with E-state index in [0.29, 0.717) is 6.04 Å². The SMILES string of the molecule is COCCN(c1ncc(CC(C)N)cc1C)C1CC1. The van der Waals surface area contributed by atoms with Gasteiger partial charge in [-0.3, -0.25) is 0 Å². The van der Waals surface area contributed by atoms with Crippen molar-refractivity contribution in [3.63, 3.8) is 0 Å². The Morgan fingerprint density at radius 3 is 2.79 bits per heavy atom. The molecule has 4 nitrogen and oxygen atoms in total. The van der Waals surface area contributed by atoms with Gasteiger partial charge in [-0.05, 0) is 44.2 Å². The van der Waals surface area contributed by atoms with Gasteiger partial charge in [0.05, 0.1) is 6.61 Å². The second kappa shape index (κ2) is 6.35. The maximum absolute atomic E-state index is 5.84. The molecule has 1 aromatic heterocycles. The number of pyridine rings is 1. The van der Waals surface area contributed by atoms with Crippen molar-refractivity contribution < 1.29 is 4.74 Å². The van der Waals surface area contributed by atoms with Crippen LogP contribution in [0.3, 0.4) is 0 Å². The van der Waals surface area contributed by atoms with E-state index in [0.717, 1.165) is 25.4 Å².